The molecule has 3 aromatic carbocycles. The normalized spacial score (nSPS) is 10.6. The number of nitro benzene ring substituents is 1. The highest BCUT2D eigenvalue weighted by molar-refractivity contribution is 6.04. The first-order chi connectivity index (χ1) is 14.9. The van der Waals surface area contributed by atoms with Crippen LogP contribution in [0.3, 0.4) is 0 Å². The molecule has 9 nitrogen and oxygen atoms in total. The lowest BCUT2D eigenvalue weighted by Crippen LogP contribution is -2.12. The maximum atomic E-state index is 12.5. The Bertz CT molecular complexity index is 1360. The molecule has 9 heteroatoms. The van der Waals surface area contributed by atoms with Crippen molar-refractivity contribution in [2.75, 3.05) is 10.6 Å². The van der Waals surface area contributed by atoms with E-state index in [-0.39, 0.29) is 22.5 Å². The monoisotopic (exact) mass is 415 g/mol. The van der Waals surface area contributed by atoms with E-state index in [2.05, 4.69) is 20.6 Å². The fourth-order valence-corrected chi connectivity index (χ4v) is 3.16. The van der Waals surface area contributed by atoms with Crippen molar-refractivity contribution in [2.24, 2.45) is 0 Å². The second-order valence-electron chi connectivity index (χ2n) is 6.87. The molecule has 31 heavy (non-hydrogen) atoms. The van der Waals surface area contributed by atoms with E-state index < -0.39 is 10.5 Å². The van der Waals surface area contributed by atoms with E-state index in [1.54, 1.807) is 36.4 Å². The Morgan fingerprint density at radius 3 is 2.55 bits per heavy atom. The van der Waals surface area contributed by atoms with Crippen LogP contribution in [0.4, 0.5) is 22.7 Å². The number of nitrogens with zero attached hydrogens (tertiary/aromatic N) is 2. The largest absolute Gasteiger partial charge is 0.355 e. The molecule has 154 valence electrons. The van der Waals surface area contributed by atoms with Crippen LogP contribution in [-0.2, 0) is 0 Å². The van der Waals surface area contributed by atoms with Crippen molar-refractivity contribution in [2.45, 2.75) is 6.92 Å². The van der Waals surface area contributed by atoms with Crippen LogP contribution < -0.4 is 16.2 Å². The number of carbonyl (C=O) groups excluding carboxylic acids is 1. The van der Waals surface area contributed by atoms with Crippen molar-refractivity contribution < 1.29 is 9.72 Å². The molecule has 0 aliphatic carbocycles. The number of non-ortho nitro benzene ring substituents is 1. The number of nitrogens with one attached hydrogen (secondary N) is 3. The van der Waals surface area contributed by atoms with E-state index in [1.165, 1.54) is 12.1 Å². The Morgan fingerprint density at radius 1 is 1.06 bits per heavy atom. The second-order valence-corrected chi connectivity index (χ2v) is 6.87. The summed E-state index contributed by atoms with van der Waals surface area (Å²) in [7, 11) is 0. The van der Waals surface area contributed by atoms with E-state index in [4.69, 9.17) is 0 Å². The van der Waals surface area contributed by atoms with Crippen LogP contribution in [0.2, 0.25) is 0 Å². The van der Waals surface area contributed by atoms with Gasteiger partial charge in [0.25, 0.3) is 17.2 Å². The smallest absolute Gasteiger partial charge is 0.295 e. The Kier molecular flexibility index (Phi) is 5.15. The van der Waals surface area contributed by atoms with Gasteiger partial charge in [0.15, 0.2) is 5.52 Å². The number of benzene rings is 3. The number of hydrogen-bond acceptors (Lipinski definition) is 6. The lowest BCUT2D eigenvalue weighted by molar-refractivity contribution is -0.383. The lowest BCUT2D eigenvalue weighted by atomic mass is 10.1. The van der Waals surface area contributed by atoms with Gasteiger partial charge in [-0.1, -0.05) is 23.8 Å². The summed E-state index contributed by atoms with van der Waals surface area (Å²) in [6.07, 6.45) is 1.13. The number of H-pyrrole nitrogens is 1. The average molecular weight is 415 g/mol. The van der Waals surface area contributed by atoms with Crippen molar-refractivity contribution in [3.63, 3.8) is 0 Å². The highest BCUT2D eigenvalue weighted by Crippen LogP contribution is 2.30. The van der Waals surface area contributed by atoms with E-state index in [9.17, 15) is 19.7 Å². The predicted octanol–water partition coefficient (Wildman–Crippen LogP) is 4.14. The van der Waals surface area contributed by atoms with Crippen LogP contribution in [0.5, 0.6) is 0 Å². The molecule has 0 saturated carbocycles. The van der Waals surface area contributed by atoms with Gasteiger partial charge in [0.05, 0.1) is 22.3 Å². The quantitative estimate of drug-likeness (QED) is 0.332. The molecular formula is C22H17N5O4. The van der Waals surface area contributed by atoms with Crippen LogP contribution in [-0.4, -0.2) is 20.8 Å². The van der Waals surface area contributed by atoms with Gasteiger partial charge >= 0.3 is 0 Å². The summed E-state index contributed by atoms with van der Waals surface area (Å²) < 4.78 is 0. The number of aryl methyl sites for hydroxylation is 1. The van der Waals surface area contributed by atoms with Gasteiger partial charge in [0.2, 0.25) is 0 Å². The molecule has 1 amide bonds. The maximum Gasteiger partial charge on any atom is 0.295 e. The SMILES string of the molecule is Cc1ccc(C(=O)Nc2cccc(Nc3ccc([N+](=O)[O-])c4nc[nH]c(=O)c34)c2)cc1. The standard InChI is InChI=1S/C22H17N5O4/c1-13-5-7-14(8-6-13)21(28)26-16-4-2-3-15(11-16)25-17-9-10-18(27(30)31)20-19(17)22(29)24-12-23-20/h2-12,25H,1H3,(H,26,28)(H,23,24,29). The molecule has 0 spiro atoms. The van der Waals surface area contributed by atoms with Gasteiger partial charge in [-0.3, -0.25) is 19.7 Å². The minimum Gasteiger partial charge on any atom is -0.355 e. The van der Waals surface area contributed by atoms with Gasteiger partial charge in [-0.25, -0.2) is 4.98 Å². The number of aromatic amines is 1. The number of fused-ring (bicyclic) bond motifs is 1. The van der Waals surface area contributed by atoms with Crippen molar-refractivity contribution in [1.82, 2.24) is 9.97 Å². The third-order valence-corrected chi connectivity index (χ3v) is 4.68. The van der Waals surface area contributed by atoms with Crippen molar-refractivity contribution in [3.8, 4) is 0 Å². The van der Waals surface area contributed by atoms with Crippen LogP contribution in [0.25, 0.3) is 10.9 Å². The zero-order chi connectivity index (χ0) is 22.0. The Labute approximate surface area is 175 Å². The highest BCUT2D eigenvalue weighted by Gasteiger charge is 2.18. The van der Waals surface area contributed by atoms with Gasteiger partial charge in [0.1, 0.15) is 0 Å². The van der Waals surface area contributed by atoms with E-state index in [0.717, 1.165) is 11.9 Å². The van der Waals surface area contributed by atoms with Crippen LogP contribution in [0.15, 0.2) is 71.8 Å². The summed E-state index contributed by atoms with van der Waals surface area (Å²) in [6, 6.07) is 16.9. The Hall–Kier alpha value is -4.53. The Morgan fingerprint density at radius 2 is 1.81 bits per heavy atom. The average Bonchev–Trinajstić information content (AvgIpc) is 2.74. The summed E-state index contributed by atoms with van der Waals surface area (Å²) in [5, 5.41) is 17.3. The minimum absolute atomic E-state index is 0.0115. The van der Waals surface area contributed by atoms with Gasteiger partial charge in [0, 0.05) is 23.0 Å². The number of hydrogen-bond donors (Lipinski definition) is 3. The van der Waals surface area contributed by atoms with Crippen molar-refractivity contribution in [1.29, 1.82) is 0 Å². The number of amides is 1. The fourth-order valence-electron chi connectivity index (χ4n) is 3.16. The zero-order valence-corrected chi connectivity index (χ0v) is 16.4. The van der Waals surface area contributed by atoms with Crippen LogP contribution in [0.1, 0.15) is 15.9 Å². The molecule has 0 saturated heterocycles. The number of rotatable bonds is 5. The van der Waals surface area contributed by atoms with E-state index >= 15 is 0 Å². The molecule has 0 fully saturated rings. The van der Waals surface area contributed by atoms with Gasteiger partial charge < -0.3 is 15.6 Å². The first-order valence-electron chi connectivity index (χ1n) is 9.32. The third-order valence-electron chi connectivity index (χ3n) is 4.68. The van der Waals surface area contributed by atoms with Crippen LogP contribution in [0, 0.1) is 17.0 Å². The van der Waals surface area contributed by atoms with E-state index in [1.807, 2.05) is 19.1 Å². The molecule has 3 N–H and O–H groups in total. The summed E-state index contributed by atoms with van der Waals surface area (Å²) in [4.78, 5) is 41.9. The molecule has 0 atom stereocenters. The summed E-state index contributed by atoms with van der Waals surface area (Å²) in [5.41, 5.74) is 2.31. The fraction of sp³-hybridized carbons (Fsp3) is 0.0455. The van der Waals surface area contributed by atoms with Crippen LogP contribution >= 0.6 is 0 Å². The molecule has 0 aliphatic heterocycles. The molecule has 4 aromatic rings. The number of anilines is 3. The molecule has 1 heterocycles. The number of carbonyl (C=O) groups is 1. The molecule has 0 radical (unpaired) electrons. The molecular weight excluding hydrogens is 398 g/mol. The zero-order valence-electron chi connectivity index (χ0n) is 16.4. The summed E-state index contributed by atoms with van der Waals surface area (Å²) in [6.45, 7) is 1.94. The number of nitro groups is 1. The summed E-state index contributed by atoms with van der Waals surface area (Å²) in [5.74, 6) is -0.251. The maximum absolute atomic E-state index is 12.5. The van der Waals surface area contributed by atoms with Gasteiger partial charge in [-0.15, -0.1) is 0 Å². The minimum atomic E-state index is -0.584. The van der Waals surface area contributed by atoms with Gasteiger partial charge in [-0.2, -0.15) is 0 Å². The topological polar surface area (TPSA) is 130 Å². The first-order valence-corrected chi connectivity index (χ1v) is 9.32. The molecule has 4 rings (SSSR count). The molecule has 0 unspecified atom stereocenters. The molecule has 1 aromatic heterocycles. The highest BCUT2D eigenvalue weighted by atomic mass is 16.6. The van der Waals surface area contributed by atoms with Crippen molar-refractivity contribution in [3.05, 3.63) is 98.6 Å². The third kappa shape index (κ3) is 4.10. The molecule has 0 aliphatic rings. The lowest BCUT2D eigenvalue weighted by Gasteiger charge is -2.11. The Balaban J connectivity index is 1.64. The molecule has 0 bridgehead atoms. The predicted molar refractivity (Wildman–Crippen MR) is 118 cm³/mol. The van der Waals surface area contributed by atoms with E-state index in [0.29, 0.717) is 22.6 Å². The van der Waals surface area contributed by atoms with Crippen molar-refractivity contribution >= 4 is 39.6 Å². The number of aromatic nitrogens is 2. The second kappa shape index (κ2) is 8.07. The summed E-state index contributed by atoms with van der Waals surface area (Å²) >= 11 is 0. The van der Waals surface area contributed by atoms with Gasteiger partial charge in [-0.05, 0) is 43.3 Å². The first kappa shape index (κ1) is 19.8.